The van der Waals surface area contributed by atoms with Crippen molar-refractivity contribution in [1.82, 2.24) is 4.31 Å². The van der Waals surface area contributed by atoms with Gasteiger partial charge >= 0.3 is 5.69 Å². The summed E-state index contributed by atoms with van der Waals surface area (Å²) in [4.78, 5) is 9.33. The number of halogens is 1. The number of hydrogen-bond donors (Lipinski definition) is 0. The first-order valence-corrected chi connectivity index (χ1v) is 5.99. The molecule has 0 bridgehead atoms. The highest BCUT2D eigenvalue weighted by atomic mass is 32.2. The Labute approximate surface area is 97.9 Å². The molecule has 0 fully saturated rings. The molecule has 0 spiro atoms. The lowest BCUT2D eigenvalue weighted by Crippen LogP contribution is -2.22. The van der Waals surface area contributed by atoms with Gasteiger partial charge in [-0.1, -0.05) is 0 Å². The minimum atomic E-state index is -3.81. The van der Waals surface area contributed by atoms with Gasteiger partial charge in [-0.3, -0.25) is 10.1 Å². The molecule has 6 nitrogen and oxygen atoms in total. The monoisotopic (exact) mass is 262 g/mol. The second-order valence-corrected chi connectivity index (χ2v) is 5.77. The Balaban J connectivity index is 3.55. The van der Waals surface area contributed by atoms with Crippen LogP contribution in [0.2, 0.25) is 0 Å². The van der Waals surface area contributed by atoms with Gasteiger partial charge in [-0.2, -0.15) is 4.39 Å². The van der Waals surface area contributed by atoms with E-state index >= 15 is 0 Å². The second kappa shape index (κ2) is 4.38. The molecular formula is C9H11FN2O4S. The Morgan fingerprint density at radius 2 is 1.88 bits per heavy atom. The van der Waals surface area contributed by atoms with E-state index in [1.807, 2.05) is 0 Å². The summed E-state index contributed by atoms with van der Waals surface area (Å²) < 4.78 is 37.8. The van der Waals surface area contributed by atoms with E-state index < -0.39 is 26.5 Å². The SMILES string of the molecule is Cc1cc(S(=O)(=O)N(C)C)cc([N+](=O)[O-])c1F. The summed E-state index contributed by atoms with van der Waals surface area (Å²) in [6.45, 7) is 1.27. The van der Waals surface area contributed by atoms with Crippen LogP contribution in [0, 0.1) is 22.9 Å². The van der Waals surface area contributed by atoms with Crippen molar-refractivity contribution in [3.63, 3.8) is 0 Å². The zero-order valence-corrected chi connectivity index (χ0v) is 10.3. The first kappa shape index (κ1) is 13.5. The van der Waals surface area contributed by atoms with E-state index in [0.29, 0.717) is 0 Å². The Bertz CT molecular complexity index is 569. The van der Waals surface area contributed by atoms with Crippen molar-refractivity contribution in [1.29, 1.82) is 0 Å². The quantitative estimate of drug-likeness (QED) is 0.607. The van der Waals surface area contributed by atoms with Crippen LogP contribution in [0.1, 0.15) is 5.56 Å². The Morgan fingerprint density at radius 3 is 2.29 bits per heavy atom. The summed E-state index contributed by atoms with van der Waals surface area (Å²) in [5, 5.41) is 10.6. The molecular weight excluding hydrogens is 251 g/mol. The lowest BCUT2D eigenvalue weighted by atomic mass is 10.2. The van der Waals surface area contributed by atoms with Gasteiger partial charge in [0, 0.05) is 20.2 Å². The number of sulfonamides is 1. The fourth-order valence-electron chi connectivity index (χ4n) is 1.21. The maximum atomic E-state index is 13.4. The average molecular weight is 262 g/mol. The summed E-state index contributed by atoms with van der Waals surface area (Å²) in [6, 6.07) is 1.79. The molecule has 1 aromatic rings. The zero-order chi connectivity index (χ0) is 13.4. The van der Waals surface area contributed by atoms with E-state index in [2.05, 4.69) is 0 Å². The van der Waals surface area contributed by atoms with E-state index in [1.54, 1.807) is 0 Å². The molecule has 0 radical (unpaired) electrons. The zero-order valence-electron chi connectivity index (χ0n) is 9.47. The topological polar surface area (TPSA) is 80.5 Å². The third-order valence-electron chi connectivity index (χ3n) is 2.18. The molecule has 17 heavy (non-hydrogen) atoms. The summed E-state index contributed by atoms with van der Waals surface area (Å²) >= 11 is 0. The number of benzene rings is 1. The van der Waals surface area contributed by atoms with Gasteiger partial charge in [0.05, 0.1) is 9.82 Å². The van der Waals surface area contributed by atoms with Crippen LogP contribution in [-0.4, -0.2) is 31.7 Å². The Morgan fingerprint density at radius 1 is 1.35 bits per heavy atom. The Kier molecular flexibility index (Phi) is 3.48. The largest absolute Gasteiger partial charge is 0.306 e. The number of nitro benzene ring substituents is 1. The van der Waals surface area contributed by atoms with Crippen molar-refractivity contribution in [2.75, 3.05) is 14.1 Å². The van der Waals surface area contributed by atoms with Gasteiger partial charge in [-0.25, -0.2) is 12.7 Å². The number of nitro groups is 1. The molecule has 0 unspecified atom stereocenters. The van der Waals surface area contributed by atoms with Crippen molar-refractivity contribution < 1.29 is 17.7 Å². The fourth-order valence-corrected chi connectivity index (χ4v) is 2.22. The summed E-state index contributed by atoms with van der Waals surface area (Å²) in [7, 11) is -1.23. The van der Waals surface area contributed by atoms with Crippen molar-refractivity contribution in [2.45, 2.75) is 11.8 Å². The van der Waals surface area contributed by atoms with Crippen LogP contribution in [-0.2, 0) is 10.0 Å². The summed E-state index contributed by atoms with van der Waals surface area (Å²) in [6.07, 6.45) is 0. The van der Waals surface area contributed by atoms with Crippen molar-refractivity contribution in [3.05, 3.63) is 33.6 Å². The van der Waals surface area contributed by atoms with Gasteiger partial charge in [0.25, 0.3) is 0 Å². The molecule has 0 aliphatic heterocycles. The molecule has 0 aliphatic carbocycles. The molecule has 0 atom stereocenters. The minimum absolute atomic E-state index is 0.0837. The second-order valence-electron chi connectivity index (χ2n) is 3.62. The molecule has 0 saturated carbocycles. The predicted molar refractivity (Wildman–Crippen MR) is 58.7 cm³/mol. The van der Waals surface area contributed by atoms with Crippen LogP contribution in [0.3, 0.4) is 0 Å². The molecule has 1 rings (SSSR count). The van der Waals surface area contributed by atoms with E-state index in [9.17, 15) is 22.9 Å². The average Bonchev–Trinajstić information content (AvgIpc) is 2.20. The van der Waals surface area contributed by atoms with Gasteiger partial charge in [0.1, 0.15) is 0 Å². The minimum Gasteiger partial charge on any atom is -0.258 e. The van der Waals surface area contributed by atoms with Gasteiger partial charge in [-0.05, 0) is 18.6 Å². The number of rotatable bonds is 3. The first-order valence-electron chi connectivity index (χ1n) is 4.55. The van der Waals surface area contributed by atoms with E-state index in [0.717, 1.165) is 16.4 Å². The molecule has 1 aromatic carbocycles. The smallest absolute Gasteiger partial charge is 0.258 e. The van der Waals surface area contributed by atoms with Crippen LogP contribution in [0.5, 0.6) is 0 Å². The van der Waals surface area contributed by atoms with Gasteiger partial charge in [-0.15, -0.1) is 0 Å². The van der Waals surface area contributed by atoms with Crippen molar-refractivity contribution >= 4 is 15.7 Å². The molecule has 0 amide bonds. The molecule has 94 valence electrons. The lowest BCUT2D eigenvalue weighted by Gasteiger charge is -2.11. The normalized spacial score (nSPS) is 11.8. The highest BCUT2D eigenvalue weighted by Crippen LogP contribution is 2.26. The van der Waals surface area contributed by atoms with Crippen LogP contribution < -0.4 is 0 Å². The van der Waals surface area contributed by atoms with Crippen molar-refractivity contribution in [3.8, 4) is 0 Å². The third kappa shape index (κ3) is 2.42. The maximum Gasteiger partial charge on any atom is 0.306 e. The van der Waals surface area contributed by atoms with Crippen molar-refractivity contribution in [2.24, 2.45) is 0 Å². The van der Waals surface area contributed by atoms with E-state index in [4.69, 9.17) is 0 Å². The predicted octanol–water partition coefficient (Wildman–Crippen LogP) is 1.29. The number of nitrogens with zero attached hydrogens (tertiary/aromatic N) is 2. The van der Waals surface area contributed by atoms with E-state index in [1.165, 1.54) is 21.0 Å². The fraction of sp³-hybridized carbons (Fsp3) is 0.333. The molecule has 8 heteroatoms. The van der Waals surface area contributed by atoms with E-state index in [-0.39, 0.29) is 10.5 Å². The number of hydrogen-bond acceptors (Lipinski definition) is 4. The molecule has 0 aliphatic rings. The lowest BCUT2D eigenvalue weighted by molar-refractivity contribution is -0.387. The van der Waals surface area contributed by atoms with Gasteiger partial charge < -0.3 is 0 Å². The van der Waals surface area contributed by atoms with Crippen LogP contribution in [0.4, 0.5) is 10.1 Å². The third-order valence-corrected chi connectivity index (χ3v) is 3.98. The van der Waals surface area contributed by atoms with Crippen LogP contribution in [0.15, 0.2) is 17.0 Å². The highest BCUT2D eigenvalue weighted by Gasteiger charge is 2.25. The molecule has 0 N–H and O–H groups in total. The summed E-state index contributed by atoms with van der Waals surface area (Å²) in [5.74, 6) is -1.02. The molecule has 0 saturated heterocycles. The summed E-state index contributed by atoms with van der Waals surface area (Å²) in [5.41, 5.74) is -0.926. The molecule has 0 aromatic heterocycles. The standard InChI is InChI=1S/C9H11FN2O4S/c1-6-4-7(17(15,16)11(2)3)5-8(9(6)10)12(13)14/h4-5H,1-3H3. The highest BCUT2D eigenvalue weighted by molar-refractivity contribution is 7.89. The molecule has 0 heterocycles. The van der Waals surface area contributed by atoms with Crippen LogP contribution in [0.25, 0.3) is 0 Å². The first-order chi connectivity index (χ1) is 7.67. The van der Waals surface area contributed by atoms with Crippen LogP contribution >= 0.6 is 0 Å². The van der Waals surface area contributed by atoms with Gasteiger partial charge in [0.15, 0.2) is 0 Å². The number of aryl methyl sites for hydroxylation is 1. The Hall–Kier alpha value is -1.54. The van der Waals surface area contributed by atoms with Gasteiger partial charge in [0.2, 0.25) is 15.8 Å². The maximum absolute atomic E-state index is 13.4.